The van der Waals surface area contributed by atoms with Crippen LogP contribution in [0.2, 0.25) is 0 Å². The molecule has 10 heteroatoms. The van der Waals surface area contributed by atoms with Gasteiger partial charge in [0.05, 0.1) is 16.5 Å². The van der Waals surface area contributed by atoms with Crippen LogP contribution in [-0.4, -0.2) is 41.5 Å². The molecule has 1 amide bonds. The van der Waals surface area contributed by atoms with Gasteiger partial charge in [0.1, 0.15) is 5.69 Å². The summed E-state index contributed by atoms with van der Waals surface area (Å²) in [7, 11) is -3.69. The number of amides is 1. The Hall–Kier alpha value is -3.55. The van der Waals surface area contributed by atoms with Crippen LogP contribution in [0.4, 0.5) is 10.1 Å². The zero-order valence-corrected chi connectivity index (χ0v) is 17.8. The van der Waals surface area contributed by atoms with Crippen molar-refractivity contribution in [2.75, 3.05) is 18.4 Å². The monoisotopic (exact) mass is 453 g/mol. The lowest BCUT2D eigenvalue weighted by molar-refractivity contribution is -0.120. The molecule has 2 heterocycles. The summed E-state index contributed by atoms with van der Waals surface area (Å²) in [6.45, 7) is 0.403. The third-order valence-corrected chi connectivity index (χ3v) is 7.33. The fourth-order valence-electron chi connectivity index (χ4n) is 3.63. The Bertz CT molecular complexity index is 1260. The van der Waals surface area contributed by atoms with E-state index in [1.54, 1.807) is 24.5 Å². The van der Waals surface area contributed by atoms with Gasteiger partial charge in [-0.2, -0.15) is 14.7 Å². The molecular weight excluding hydrogens is 433 g/mol. The number of hydrogen-bond acceptors (Lipinski definition) is 5. The summed E-state index contributed by atoms with van der Waals surface area (Å²) in [6, 6.07) is 13.8. The maximum atomic E-state index is 14.4. The molecule has 2 aromatic carbocycles. The molecule has 164 valence electrons. The fraction of sp³-hybridized carbons (Fsp3) is 0.227. The van der Waals surface area contributed by atoms with Crippen LogP contribution in [0.5, 0.6) is 0 Å². The van der Waals surface area contributed by atoms with Crippen molar-refractivity contribution in [1.29, 1.82) is 5.26 Å². The number of halogens is 1. The van der Waals surface area contributed by atoms with E-state index in [0.29, 0.717) is 24.1 Å². The molecule has 1 aliphatic heterocycles. The molecule has 1 N–H and O–H groups in total. The number of benzene rings is 2. The Morgan fingerprint density at radius 1 is 1.16 bits per heavy atom. The quantitative estimate of drug-likeness (QED) is 0.639. The van der Waals surface area contributed by atoms with E-state index >= 15 is 0 Å². The highest BCUT2D eigenvalue weighted by atomic mass is 32.2. The lowest BCUT2D eigenvalue weighted by Gasteiger charge is -2.30. The minimum absolute atomic E-state index is 0.118. The average Bonchev–Trinajstić information content (AvgIpc) is 3.34. The van der Waals surface area contributed by atoms with Gasteiger partial charge in [-0.25, -0.2) is 17.5 Å². The lowest BCUT2D eigenvalue weighted by atomic mass is 9.97. The van der Waals surface area contributed by atoms with Gasteiger partial charge in [0, 0.05) is 37.1 Å². The molecule has 0 unspecified atom stereocenters. The van der Waals surface area contributed by atoms with Crippen LogP contribution >= 0.6 is 0 Å². The predicted molar refractivity (Wildman–Crippen MR) is 115 cm³/mol. The number of piperidine rings is 1. The highest BCUT2D eigenvalue weighted by molar-refractivity contribution is 7.89. The summed E-state index contributed by atoms with van der Waals surface area (Å²) >= 11 is 0. The summed E-state index contributed by atoms with van der Waals surface area (Å²) in [5, 5.41) is 15.6. The maximum Gasteiger partial charge on any atom is 0.243 e. The number of hydrogen-bond donors (Lipinski definition) is 1. The minimum Gasteiger partial charge on any atom is -0.326 e. The molecule has 4 rings (SSSR count). The van der Waals surface area contributed by atoms with Gasteiger partial charge < -0.3 is 5.32 Å². The Morgan fingerprint density at radius 2 is 1.88 bits per heavy atom. The van der Waals surface area contributed by atoms with E-state index in [0.717, 1.165) is 0 Å². The van der Waals surface area contributed by atoms with Gasteiger partial charge >= 0.3 is 0 Å². The van der Waals surface area contributed by atoms with Gasteiger partial charge in [0.15, 0.2) is 5.82 Å². The van der Waals surface area contributed by atoms with Crippen LogP contribution in [0.1, 0.15) is 18.4 Å². The number of carbonyl (C=O) groups excluding carboxylic acids is 1. The first-order valence-electron chi connectivity index (χ1n) is 9.99. The van der Waals surface area contributed by atoms with Crippen molar-refractivity contribution in [2.24, 2.45) is 5.92 Å². The fourth-order valence-corrected chi connectivity index (χ4v) is 5.10. The molecule has 0 radical (unpaired) electrons. The van der Waals surface area contributed by atoms with Crippen LogP contribution in [0, 0.1) is 23.1 Å². The normalized spacial score (nSPS) is 15.2. The summed E-state index contributed by atoms with van der Waals surface area (Å²) in [5.41, 5.74) is 0.985. The van der Waals surface area contributed by atoms with E-state index in [1.807, 2.05) is 6.07 Å². The van der Waals surface area contributed by atoms with E-state index in [2.05, 4.69) is 10.4 Å². The smallest absolute Gasteiger partial charge is 0.243 e. The highest BCUT2D eigenvalue weighted by Gasteiger charge is 2.32. The Labute approximate surface area is 184 Å². The molecule has 1 aliphatic rings. The van der Waals surface area contributed by atoms with Gasteiger partial charge in [-0.15, -0.1) is 0 Å². The lowest BCUT2D eigenvalue weighted by Crippen LogP contribution is -2.41. The van der Waals surface area contributed by atoms with Gasteiger partial charge in [-0.1, -0.05) is 0 Å². The molecule has 3 aromatic rings. The van der Waals surface area contributed by atoms with Crippen LogP contribution in [-0.2, 0) is 14.8 Å². The van der Waals surface area contributed by atoms with E-state index in [1.165, 1.54) is 45.4 Å². The van der Waals surface area contributed by atoms with Crippen molar-refractivity contribution in [1.82, 2.24) is 14.1 Å². The number of nitrogens with one attached hydrogen (secondary N) is 1. The first-order valence-corrected chi connectivity index (χ1v) is 11.4. The Balaban J connectivity index is 1.37. The van der Waals surface area contributed by atoms with Crippen LogP contribution in [0.15, 0.2) is 65.8 Å². The summed E-state index contributed by atoms with van der Waals surface area (Å²) in [4.78, 5) is 12.8. The third-order valence-electron chi connectivity index (χ3n) is 5.41. The number of nitriles is 1. The predicted octanol–water partition coefficient (Wildman–Crippen LogP) is 2.92. The maximum absolute atomic E-state index is 14.4. The summed E-state index contributed by atoms with van der Waals surface area (Å²) in [5.74, 6) is -1.17. The van der Waals surface area contributed by atoms with Gasteiger partial charge in [-0.3, -0.25) is 4.79 Å². The Kier molecular flexibility index (Phi) is 6.03. The molecule has 1 aromatic heterocycles. The molecule has 0 bridgehead atoms. The van der Waals surface area contributed by atoms with Crippen molar-refractivity contribution in [3.63, 3.8) is 0 Å². The largest absolute Gasteiger partial charge is 0.326 e. The Morgan fingerprint density at radius 3 is 2.47 bits per heavy atom. The van der Waals surface area contributed by atoms with Crippen molar-refractivity contribution >= 4 is 21.6 Å². The molecule has 1 saturated heterocycles. The second-order valence-corrected chi connectivity index (χ2v) is 9.36. The molecular formula is C22H20FN5O3S. The standard InChI is InChI=1S/C22H20FN5O3S/c23-20-14-18(4-7-21(20)28-11-1-10-25-28)26-22(29)17-8-12-27(13-9-17)32(30,31)19-5-2-16(15-24)3-6-19/h1-7,10-11,14,17H,8-9,12-13H2,(H,26,29). The van der Waals surface area contributed by atoms with E-state index in [-0.39, 0.29) is 35.5 Å². The number of nitrogens with zero attached hydrogens (tertiary/aromatic N) is 4. The van der Waals surface area contributed by atoms with Crippen molar-refractivity contribution in [3.05, 3.63) is 72.3 Å². The zero-order valence-electron chi connectivity index (χ0n) is 17.0. The second-order valence-electron chi connectivity index (χ2n) is 7.42. The first-order chi connectivity index (χ1) is 15.4. The molecule has 8 nitrogen and oxygen atoms in total. The van der Waals surface area contributed by atoms with Gasteiger partial charge in [0.2, 0.25) is 15.9 Å². The molecule has 0 atom stereocenters. The number of anilines is 1. The topological polar surface area (TPSA) is 108 Å². The second kappa shape index (κ2) is 8.90. The molecule has 0 aliphatic carbocycles. The van der Waals surface area contributed by atoms with Crippen LogP contribution in [0.3, 0.4) is 0 Å². The number of sulfonamides is 1. The highest BCUT2D eigenvalue weighted by Crippen LogP contribution is 2.26. The third kappa shape index (κ3) is 4.39. The number of aromatic nitrogens is 2. The van der Waals surface area contributed by atoms with Crippen LogP contribution < -0.4 is 5.32 Å². The zero-order chi connectivity index (χ0) is 22.7. The molecule has 0 spiro atoms. The van der Waals surface area contributed by atoms with Gasteiger partial charge in [0.25, 0.3) is 0 Å². The number of carbonyl (C=O) groups is 1. The summed E-state index contributed by atoms with van der Waals surface area (Å²) < 4.78 is 42.8. The van der Waals surface area contributed by atoms with Crippen LogP contribution in [0.25, 0.3) is 5.69 Å². The SMILES string of the molecule is N#Cc1ccc(S(=O)(=O)N2CCC(C(=O)Nc3ccc(-n4cccn4)c(F)c3)CC2)cc1. The molecule has 32 heavy (non-hydrogen) atoms. The number of rotatable bonds is 5. The first kappa shape index (κ1) is 21.7. The average molecular weight is 453 g/mol. The minimum atomic E-state index is -3.69. The van der Waals surface area contributed by atoms with Crippen molar-refractivity contribution in [2.45, 2.75) is 17.7 Å². The van der Waals surface area contributed by atoms with Crippen molar-refractivity contribution in [3.8, 4) is 11.8 Å². The van der Waals surface area contributed by atoms with E-state index in [4.69, 9.17) is 5.26 Å². The van der Waals surface area contributed by atoms with Crippen molar-refractivity contribution < 1.29 is 17.6 Å². The summed E-state index contributed by atoms with van der Waals surface area (Å²) in [6.07, 6.45) is 3.88. The van der Waals surface area contributed by atoms with E-state index < -0.39 is 15.8 Å². The van der Waals surface area contributed by atoms with E-state index in [9.17, 15) is 17.6 Å². The molecule has 1 fully saturated rings. The molecule has 0 saturated carbocycles. The van der Waals surface area contributed by atoms with Gasteiger partial charge in [-0.05, 0) is 61.4 Å².